The fourth-order valence-corrected chi connectivity index (χ4v) is 3.77. The Hall–Kier alpha value is -3.19. The van der Waals surface area contributed by atoms with Crippen LogP contribution >= 0.6 is 11.6 Å². The van der Waals surface area contributed by atoms with Gasteiger partial charge in [-0.2, -0.15) is 5.10 Å². The minimum atomic E-state index is -0.347. The molecule has 0 saturated carbocycles. The molecule has 0 radical (unpaired) electrons. The van der Waals surface area contributed by atoms with E-state index in [1.807, 2.05) is 19.9 Å². The van der Waals surface area contributed by atoms with Gasteiger partial charge in [0.05, 0.1) is 22.5 Å². The van der Waals surface area contributed by atoms with Gasteiger partial charge >= 0.3 is 0 Å². The van der Waals surface area contributed by atoms with Gasteiger partial charge in [-0.25, -0.2) is 9.67 Å². The molecular formula is C22H22ClN5O2. The molecule has 0 unspecified atom stereocenters. The lowest BCUT2D eigenvalue weighted by Gasteiger charge is -2.18. The number of benzene rings is 1. The molecular weight excluding hydrogens is 402 g/mol. The minimum absolute atomic E-state index is 0.122. The first-order chi connectivity index (χ1) is 14.4. The Morgan fingerprint density at radius 1 is 1.07 bits per heavy atom. The number of nitrogens with one attached hydrogen (secondary N) is 1. The Morgan fingerprint density at radius 2 is 1.83 bits per heavy atom. The van der Waals surface area contributed by atoms with Gasteiger partial charge in [0, 0.05) is 30.0 Å². The van der Waals surface area contributed by atoms with Gasteiger partial charge in [0.15, 0.2) is 5.82 Å². The van der Waals surface area contributed by atoms with Crippen LogP contribution in [0.2, 0.25) is 5.02 Å². The van der Waals surface area contributed by atoms with Crippen LogP contribution in [-0.4, -0.2) is 44.6 Å². The maximum Gasteiger partial charge on any atom is 0.257 e. The maximum atomic E-state index is 12.9. The highest BCUT2D eigenvalue weighted by Crippen LogP contribution is 2.24. The second-order valence-electron chi connectivity index (χ2n) is 7.39. The van der Waals surface area contributed by atoms with Crippen LogP contribution in [0.4, 0.5) is 5.69 Å². The lowest BCUT2D eigenvalue weighted by Crippen LogP contribution is -2.29. The molecule has 1 fully saturated rings. The number of amides is 2. The first-order valence-corrected chi connectivity index (χ1v) is 10.2. The van der Waals surface area contributed by atoms with Crippen LogP contribution in [0.3, 0.4) is 0 Å². The monoisotopic (exact) mass is 423 g/mol. The van der Waals surface area contributed by atoms with E-state index in [0.717, 1.165) is 37.3 Å². The molecule has 0 bridgehead atoms. The summed E-state index contributed by atoms with van der Waals surface area (Å²) < 4.78 is 1.73. The highest BCUT2D eigenvalue weighted by molar-refractivity contribution is 6.31. The molecule has 1 saturated heterocycles. The van der Waals surface area contributed by atoms with Crippen molar-refractivity contribution in [2.75, 3.05) is 18.4 Å². The number of anilines is 1. The van der Waals surface area contributed by atoms with E-state index < -0.39 is 0 Å². The average Bonchev–Trinajstić information content (AvgIpc) is 3.38. The second kappa shape index (κ2) is 8.28. The maximum absolute atomic E-state index is 12.9. The normalized spacial score (nSPS) is 13.5. The van der Waals surface area contributed by atoms with Gasteiger partial charge in [0.25, 0.3) is 11.8 Å². The minimum Gasteiger partial charge on any atom is -0.339 e. The summed E-state index contributed by atoms with van der Waals surface area (Å²) in [5.74, 6) is 0.164. The SMILES string of the molecule is Cc1cc(C)n(-c2ccc(C(=O)Nc3ccc(Cl)cc3C(=O)N3CCCC3)cn2)n1. The van der Waals surface area contributed by atoms with E-state index in [0.29, 0.717) is 27.7 Å². The van der Waals surface area contributed by atoms with Crippen LogP contribution in [0, 0.1) is 13.8 Å². The number of pyridine rings is 1. The molecule has 0 atom stereocenters. The molecule has 2 amide bonds. The van der Waals surface area contributed by atoms with E-state index in [1.54, 1.807) is 39.9 Å². The molecule has 4 rings (SSSR count). The molecule has 1 aliphatic rings. The third kappa shape index (κ3) is 4.07. The third-order valence-corrected chi connectivity index (χ3v) is 5.33. The molecule has 0 aliphatic carbocycles. The van der Waals surface area contributed by atoms with Crippen LogP contribution < -0.4 is 5.32 Å². The molecule has 1 N–H and O–H groups in total. The zero-order chi connectivity index (χ0) is 21.3. The smallest absolute Gasteiger partial charge is 0.257 e. The van der Waals surface area contributed by atoms with Gasteiger partial charge in [-0.3, -0.25) is 9.59 Å². The van der Waals surface area contributed by atoms with E-state index in [2.05, 4.69) is 15.4 Å². The van der Waals surface area contributed by atoms with Crippen LogP contribution in [0.15, 0.2) is 42.6 Å². The molecule has 1 aliphatic heterocycles. The summed E-state index contributed by atoms with van der Waals surface area (Å²) in [6, 6.07) is 10.3. The number of carbonyl (C=O) groups is 2. The van der Waals surface area contributed by atoms with Crippen molar-refractivity contribution in [1.29, 1.82) is 0 Å². The Balaban J connectivity index is 1.55. The molecule has 3 aromatic rings. The van der Waals surface area contributed by atoms with E-state index in [1.165, 1.54) is 6.20 Å². The van der Waals surface area contributed by atoms with Crippen molar-refractivity contribution in [1.82, 2.24) is 19.7 Å². The van der Waals surface area contributed by atoms with Crippen LogP contribution in [0.5, 0.6) is 0 Å². The Labute approximate surface area is 179 Å². The number of rotatable bonds is 4. The summed E-state index contributed by atoms with van der Waals surface area (Å²) in [4.78, 5) is 31.8. The molecule has 7 nitrogen and oxygen atoms in total. The fourth-order valence-electron chi connectivity index (χ4n) is 3.59. The predicted octanol–water partition coefficient (Wildman–Crippen LogP) is 4.03. The summed E-state index contributed by atoms with van der Waals surface area (Å²) in [6.45, 7) is 5.30. The number of aromatic nitrogens is 3. The molecule has 30 heavy (non-hydrogen) atoms. The van der Waals surface area contributed by atoms with Gasteiger partial charge in [0.1, 0.15) is 0 Å². The van der Waals surface area contributed by atoms with Crippen molar-refractivity contribution in [2.24, 2.45) is 0 Å². The number of likely N-dealkylation sites (tertiary alicyclic amines) is 1. The van der Waals surface area contributed by atoms with E-state index in [4.69, 9.17) is 11.6 Å². The van der Waals surface area contributed by atoms with Crippen molar-refractivity contribution in [3.63, 3.8) is 0 Å². The van der Waals surface area contributed by atoms with Gasteiger partial charge in [-0.05, 0) is 63.1 Å². The topological polar surface area (TPSA) is 80.1 Å². The number of hydrogen-bond acceptors (Lipinski definition) is 4. The van der Waals surface area contributed by atoms with Crippen LogP contribution in [0.25, 0.3) is 5.82 Å². The lowest BCUT2D eigenvalue weighted by atomic mass is 10.1. The van der Waals surface area contributed by atoms with Crippen molar-refractivity contribution < 1.29 is 9.59 Å². The zero-order valence-corrected chi connectivity index (χ0v) is 17.6. The Kier molecular flexibility index (Phi) is 5.55. The van der Waals surface area contributed by atoms with Crippen LogP contribution in [-0.2, 0) is 0 Å². The number of nitrogens with zero attached hydrogens (tertiary/aromatic N) is 4. The zero-order valence-electron chi connectivity index (χ0n) is 16.9. The number of aryl methyl sites for hydroxylation is 2. The van der Waals surface area contributed by atoms with E-state index in [-0.39, 0.29) is 11.8 Å². The van der Waals surface area contributed by atoms with Crippen molar-refractivity contribution in [2.45, 2.75) is 26.7 Å². The molecule has 1 aromatic carbocycles. The molecule has 154 valence electrons. The molecule has 8 heteroatoms. The largest absolute Gasteiger partial charge is 0.339 e. The number of hydrogen-bond donors (Lipinski definition) is 1. The summed E-state index contributed by atoms with van der Waals surface area (Å²) in [6.07, 6.45) is 3.47. The van der Waals surface area contributed by atoms with Crippen molar-refractivity contribution >= 4 is 29.1 Å². The van der Waals surface area contributed by atoms with Gasteiger partial charge in [0.2, 0.25) is 0 Å². The number of halogens is 1. The van der Waals surface area contributed by atoms with Gasteiger partial charge < -0.3 is 10.2 Å². The van der Waals surface area contributed by atoms with Crippen molar-refractivity contribution in [3.8, 4) is 5.82 Å². The molecule has 3 heterocycles. The van der Waals surface area contributed by atoms with Crippen molar-refractivity contribution in [3.05, 3.63) is 70.1 Å². The first-order valence-electron chi connectivity index (χ1n) is 9.82. The molecule has 2 aromatic heterocycles. The highest BCUT2D eigenvalue weighted by Gasteiger charge is 2.23. The molecule has 0 spiro atoms. The third-order valence-electron chi connectivity index (χ3n) is 5.09. The van der Waals surface area contributed by atoms with Gasteiger partial charge in [-0.1, -0.05) is 11.6 Å². The predicted molar refractivity (Wildman–Crippen MR) is 115 cm³/mol. The summed E-state index contributed by atoms with van der Waals surface area (Å²) >= 11 is 6.11. The number of carbonyl (C=O) groups excluding carboxylic acids is 2. The highest BCUT2D eigenvalue weighted by atomic mass is 35.5. The average molecular weight is 424 g/mol. The van der Waals surface area contributed by atoms with Gasteiger partial charge in [-0.15, -0.1) is 0 Å². The lowest BCUT2D eigenvalue weighted by molar-refractivity contribution is 0.0794. The second-order valence-corrected chi connectivity index (χ2v) is 7.82. The fraction of sp³-hybridized carbons (Fsp3) is 0.273. The standard InChI is InChI=1S/C22H22ClN5O2/c1-14-11-15(2)28(26-14)20-8-5-16(13-24-20)21(29)25-19-7-6-17(23)12-18(19)22(30)27-9-3-4-10-27/h5-8,11-13H,3-4,9-10H2,1-2H3,(H,25,29). The van der Waals surface area contributed by atoms with E-state index >= 15 is 0 Å². The summed E-state index contributed by atoms with van der Waals surface area (Å²) in [5, 5.41) is 7.67. The first kappa shape index (κ1) is 20.1. The Morgan fingerprint density at radius 3 is 2.47 bits per heavy atom. The summed E-state index contributed by atoms with van der Waals surface area (Å²) in [5.41, 5.74) is 3.07. The van der Waals surface area contributed by atoms with E-state index in [9.17, 15) is 9.59 Å². The van der Waals surface area contributed by atoms with Crippen LogP contribution in [0.1, 0.15) is 44.9 Å². The summed E-state index contributed by atoms with van der Waals surface area (Å²) in [7, 11) is 0. The Bertz CT molecular complexity index is 1100. The quantitative estimate of drug-likeness (QED) is 0.687.